The molecule has 3 rings (SSSR count). The third kappa shape index (κ3) is 3.51. The number of imidazole rings is 1. The number of thiazole rings is 1. The first kappa shape index (κ1) is 16.3. The van der Waals surface area contributed by atoms with Gasteiger partial charge in [0.05, 0.1) is 17.1 Å². The zero-order valence-electron chi connectivity index (χ0n) is 12.9. The number of fused-ring (bicyclic) bond motifs is 1. The number of hydrogen-bond donors (Lipinski definition) is 3. The Bertz CT molecular complexity index is 876. The van der Waals surface area contributed by atoms with Crippen LogP contribution >= 0.6 is 11.3 Å². The largest absolute Gasteiger partial charge is 0.337 e. The number of anilines is 1. The second-order valence-electron chi connectivity index (χ2n) is 5.30. The monoisotopic (exact) mass is 351 g/mol. The van der Waals surface area contributed by atoms with Gasteiger partial charge in [-0.05, 0) is 32.0 Å². The summed E-state index contributed by atoms with van der Waals surface area (Å²) in [7, 11) is 0. The highest BCUT2D eigenvalue weighted by atomic mass is 32.1. The molecule has 6 nitrogen and oxygen atoms in total. The van der Waals surface area contributed by atoms with E-state index in [0.29, 0.717) is 16.7 Å². The van der Waals surface area contributed by atoms with Crippen LogP contribution in [0.1, 0.15) is 35.9 Å². The molecule has 126 valence electrons. The molecule has 1 aromatic carbocycles. The normalized spacial score (nSPS) is 12.5. The number of nitrogens with zero attached hydrogens (tertiary/aromatic N) is 2. The quantitative estimate of drug-likeness (QED) is 0.660. The number of hydrogen-bond acceptors (Lipinski definition) is 4. The molecule has 24 heavy (non-hydrogen) atoms. The third-order valence-corrected chi connectivity index (χ3v) is 4.46. The van der Waals surface area contributed by atoms with Crippen molar-refractivity contribution in [3.05, 3.63) is 40.1 Å². The Morgan fingerprint density at radius 2 is 2.12 bits per heavy atom. The van der Waals surface area contributed by atoms with E-state index in [0.717, 1.165) is 10.7 Å². The Morgan fingerprint density at radius 3 is 2.79 bits per heavy atom. The molecule has 0 aliphatic heterocycles. The van der Waals surface area contributed by atoms with Gasteiger partial charge in [0.15, 0.2) is 5.82 Å². The minimum absolute atomic E-state index is 0.231. The number of carbonyl (C=O) groups excluding carboxylic acids is 1. The molecular weight excluding hydrogens is 336 g/mol. The lowest BCUT2D eigenvalue weighted by Gasteiger charge is -2.12. The minimum atomic E-state index is -2.67. The number of amides is 2. The number of halogens is 2. The fourth-order valence-corrected chi connectivity index (χ4v) is 3.01. The van der Waals surface area contributed by atoms with Gasteiger partial charge >= 0.3 is 6.03 Å². The third-order valence-electron chi connectivity index (χ3n) is 3.32. The first-order chi connectivity index (χ1) is 11.4. The van der Waals surface area contributed by atoms with Crippen LogP contribution in [0, 0.1) is 6.92 Å². The highest BCUT2D eigenvalue weighted by Crippen LogP contribution is 2.22. The maximum Gasteiger partial charge on any atom is 0.319 e. The molecule has 0 fully saturated rings. The number of rotatable bonds is 4. The van der Waals surface area contributed by atoms with E-state index in [9.17, 15) is 13.6 Å². The predicted octanol–water partition coefficient (Wildman–Crippen LogP) is 4.15. The van der Waals surface area contributed by atoms with Crippen LogP contribution in [0.3, 0.4) is 0 Å². The number of H-pyrrole nitrogens is 1. The van der Waals surface area contributed by atoms with Crippen molar-refractivity contribution in [1.29, 1.82) is 0 Å². The number of benzene rings is 1. The SMILES string of the molecule is Cc1csc([C@@H](C)NC(=O)Nc2ccc3nc(C(F)F)[nH]c3c2)n1. The molecule has 0 saturated heterocycles. The smallest absolute Gasteiger partial charge is 0.319 e. The Morgan fingerprint density at radius 1 is 1.33 bits per heavy atom. The molecule has 0 radical (unpaired) electrons. The summed E-state index contributed by atoms with van der Waals surface area (Å²) in [5.74, 6) is -0.389. The highest BCUT2D eigenvalue weighted by Gasteiger charge is 2.15. The average molecular weight is 351 g/mol. The summed E-state index contributed by atoms with van der Waals surface area (Å²) < 4.78 is 25.3. The average Bonchev–Trinajstić information content (AvgIpc) is 3.12. The summed E-state index contributed by atoms with van der Waals surface area (Å²) in [6.45, 7) is 3.73. The molecule has 0 aliphatic rings. The van der Waals surface area contributed by atoms with Crippen LogP contribution in [0.5, 0.6) is 0 Å². The zero-order valence-corrected chi connectivity index (χ0v) is 13.7. The standard InChI is InChI=1S/C15H15F2N5OS/c1-7-6-24-14(18-7)8(2)19-15(23)20-9-3-4-10-11(5-9)22-13(21-10)12(16)17/h3-6,8,12H,1-2H3,(H,21,22)(H2,19,20,23)/t8-/m1/s1. The molecule has 3 aromatic rings. The van der Waals surface area contributed by atoms with E-state index in [1.807, 2.05) is 19.2 Å². The van der Waals surface area contributed by atoms with Crippen LogP contribution in [-0.4, -0.2) is 21.0 Å². The lowest BCUT2D eigenvalue weighted by molar-refractivity contribution is 0.142. The summed E-state index contributed by atoms with van der Waals surface area (Å²) in [5, 5.41) is 8.18. The van der Waals surface area contributed by atoms with Crippen molar-refractivity contribution in [1.82, 2.24) is 20.3 Å². The number of aromatic amines is 1. The number of alkyl halides is 2. The van der Waals surface area contributed by atoms with E-state index in [4.69, 9.17) is 0 Å². The summed E-state index contributed by atoms with van der Waals surface area (Å²) in [4.78, 5) is 22.7. The zero-order chi connectivity index (χ0) is 17.3. The highest BCUT2D eigenvalue weighted by molar-refractivity contribution is 7.09. The molecule has 0 aliphatic carbocycles. The summed E-state index contributed by atoms with van der Waals surface area (Å²) >= 11 is 1.48. The van der Waals surface area contributed by atoms with Crippen molar-refractivity contribution in [2.75, 3.05) is 5.32 Å². The molecule has 9 heteroatoms. The maximum atomic E-state index is 12.6. The van der Waals surface area contributed by atoms with E-state index < -0.39 is 12.5 Å². The molecule has 0 spiro atoms. The number of nitrogens with one attached hydrogen (secondary N) is 3. The van der Waals surface area contributed by atoms with Gasteiger partial charge in [-0.15, -0.1) is 11.3 Å². The number of aryl methyl sites for hydroxylation is 1. The molecular formula is C15H15F2N5OS. The minimum Gasteiger partial charge on any atom is -0.337 e. The van der Waals surface area contributed by atoms with Gasteiger partial charge in [-0.3, -0.25) is 0 Å². The molecule has 0 bridgehead atoms. The van der Waals surface area contributed by atoms with Gasteiger partial charge in [-0.1, -0.05) is 0 Å². The Hall–Kier alpha value is -2.55. The molecule has 3 N–H and O–H groups in total. The van der Waals surface area contributed by atoms with Gasteiger partial charge < -0.3 is 15.6 Å². The van der Waals surface area contributed by atoms with Crippen molar-refractivity contribution >= 4 is 34.1 Å². The number of carbonyl (C=O) groups is 1. The molecule has 0 saturated carbocycles. The van der Waals surface area contributed by atoms with E-state index >= 15 is 0 Å². The van der Waals surface area contributed by atoms with Gasteiger partial charge in [-0.2, -0.15) is 0 Å². The van der Waals surface area contributed by atoms with Crippen LogP contribution in [0.15, 0.2) is 23.6 Å². The van der Waals surface area contributed by atoms with Crippen molar-refractivity contribution in [3.8, 4) is 0 Å². The second kappa shape index (κ2) is 6.52. The van der Waals surface area contributed by atoms with Crippen molar-refractivity contribution in [2.24, 2.45) is 0 Å². The first-order valence-corrected chi connectivity index (χ1v) is 8.07. The van der Waals surface area contributed by atoms with Crippen LogP contribution < -0.4 is 10.6 Å². The van der Waals surface area contributed by atoms with Gasteiger partial charge in [-0.25, -0.2) is 23.5 Å². The topological polar surface area (TPSA) is 82.7 Å². The van der Waals surface area contributed by atoms with E-state index in [1.165, 1.54) is 11.3 Å². The summed E-state index contributed by atoms with van der Waals surface area (Å²) in [5.41, 5.74) is 2.24. The van der Waals surface area contributed by atoms with Crippen molar-refractivity contribution in [2.45, 2.75) is 26.3 Å². The Kier molecular flexibility index (Phi) is 4.43. The van der Waals surface area contributed by atoms with Gasteiger partial charge in [0, 0.05) is 16.8 Å². The Labute approximate surface area is 140 Å². The van der Waals surface area contributed by atoms with Gasteiger partial charge in [0.2, 0.25) is 0 Å². The van der Waals surface area contributed by atoms with Crippen LogP contribution in [0.4, 0.5) is 19.3 Å². The molecule has 2 heterocycles. The van der Waals surface area contributed by atoms with Gasteiger partial charge in [0.25, 0.3) is 6.43 Å². The molecule has 2 amide bonds. The van der Waals surface area contributed by atoms with Crippen LogP contribution in [0.25, 0.3) is 11.0 Å². The van der Waals surface area contributed by atoms with Crippen LogP contribution in [0.2, 0.25) is 0 Å². The van der Waals surface area contributed by atoms with Crippen LogP contribution in [-0.2, 0) is 0 Å². The van der Waals surface area contributed by atoms with Crippen molar-refractivity contribution in [3.63, 3.8) is 0 Å². The second-order valence-corrected chi connectivity index (χ2v) is 6.19. The molecule has 0 unspecified atom stereocenters. The fraction of sp³-hybridized carbons (Fsp3) is 0.267. The lowest BCUT2D eigenvalue weighted by atomic mass is 10.3. The maximum absolute atomic E-state index is 12.6. The first-order valence-electron chi connectivity index (χ1n) is 7.19. The van der Waals surface area contributed by atoms with Gasteiger partial charge in [0.1, 0.15) is 5.01 Å². The summed E-state index contributed by atoms with van der Waals surface area (Å²) in [6, 6.07) is 4.11. The molecule has 2 aromatic heterocycles. The molecule has 1 atom stereocenters. The number of urea groups is 1. The number of aromatic nitrogens is 3. The van der Waals surface area contributed by atoms with Crippen molar-refractivity contribution < 1.29 is 13.6 Å². The fourth-order valence-electron chi connectivity index (χ4n) is 2.21. The lowest BCUT2D eigenvalue weighted by Crippen LogP contribution is -2.31. The summed E-state index contributed by atoms with van der Waals surface area (Å²) in [6.07, 6.45) is -2.67. The van der Waals surface area contributed by atoms with E-state index in [1.54, 1.807) is 18.2 Å². The van der Waals surface area contributed by atoms with E-state index in [2.05, 4.69) is 25.6 Å². The predicted molar refractivity (Wildman–Crippen MR) is 88.5 cm³/mol. The van der Waals surface area contributed by atoms with E-state index in [-0.39, 0.29) is 11.9 Å². The Balaban J connectivity index is 1.68.